The van der Waals surface area contributed by atoms with Crippen LogP contribution >= 0.6 is 0 Å². The first-order chi connectivity index (χ1) is 10.9. The van der Waals surface area contributed by atoms with Crippen LogP contribution in [-0.2, 0) is 28.4 Å². The second kappa shape index (κ2) is 15.4. The van der Waals surface area contributed by atoms with Gasteiger partial charge in [0, 0.05) is 6.61 Å². The summed E-state index contributed by atoms with van der Waals surface area (Å²) in [5, 5.41) is 0. The zero-order valence-electron chi connectivity index (χ0n) is 13.5. The molecule has 0 radical (unpaired) electrons. The van der Waals surface area contributed by atoms with E-state index >= 15 is 0 Å². The molecule has 0 aromatic carbocycles. The Hall–Kier alpha value is -0.500. The molecular weight excluding hydrogens is 288 g/mol. The third-order valence-corrected chi connectivity index (χ3v) is 3.02. The normalized spacial score (nSPS) is 18.5. The second-order valence-electron chi connectivity index (χ2n) is 4.87. The van der Waals surface area contributed by atoms with E-state index in [0.717, 1.165) is 19.4 Å². The van der Waals surface area contributed by atoms with Crippen LogP contribution in [0.4, 0.5) is 0 Å². The minimum atomic E-state index is -0.0405. The molecule has 1 heterocycles. The zero-order valence-corrected chi connectivity index (χ0v) is 13.5. The van der Waals surface area contributed by atoms with Gasteiger partial charge in [0.15, 0.2) is 6.29 Å². The molecule has 0 saturated carbocycles. The molecule has 0 aromatic rings. The van der Waals surface area contributed by atoms with E-state index in [1.54, 1.807) is 6.08 Å². The maximum Gasteiger partial charge on any atom is 0.157 e. The molecule has 0 aliphatic carbocycles. The number of hydrogen-bond acceptors (Lipinski definition) is 6. The Morgan fingerprint density at radius 2 is 1.41 bits per heavy atom. The summed E-state index contributed by atoms with van der Waals surface area (Å²) >= 11 is 0. The van der Waals surface area contributed by atoms with Crippen LogP contribution in [0.1, 0.15) is 19.3 Å². The van der Waals surface area contributed by atoms with E-state index in [0.29, 0.717) is 59.5 Å². The van der Waals surface area contributed by atoms with Gasteiger partial charge < -0.3 is 28.4 Å². The highest BCUT2D eigenvalue weighted by molar-refractivity contribution is 4.63. The van der Waals surface area contributed by atoms with Gasteiger partial charge >= 0.3 is 0 Å². The predicted molar refractivity (Wildman–Crippen MR) is 83.0 cm³/mol. The van der Waals surface area contributed by atoms with Gasteiger partial charge in [-0.25, -0.2) is 0 Å². The van der Waals surface area contributed by atoms with Gasteiger partial charge in [-0.05, 0) is 19.3 Å². The van der Waals surface area contributed by atoms with Crippen LogP contribution in [-0.4, -0.2) is 72.4 Å². The molecule has 0 aromatic heterocycles. The SMILES string of the molecule is C=CCOCCOCCOCCOCCOC1CCCCO1. The average Bonchev–Trinajstić information content (AvgIpc) is 2.56. The summed E-state index contributed by atoms with van der Waals surface area (Å²) in [6.07, 6.45) is 4.99. The Morgan fingerprint density at radius 3 is 1.95 bits per heavy atom. The fourth-order valence-electron chi connectivity index (χ4n) is 1.91. The predicted octanol–water partition coefficient (Wildman–Crippen LogP) is 1.78. The molecule has 22 heavy (non-hydrogen) atoms. The van der Waals surface area contributed by atoms with Crippen molar-refractivity contribution >= 4 is 0 Å². The van der Waals surface area contributed by atoms with Gasteiger partial charge in [-0.2, -0.15) is 0 Å². The first kappa shape index (κ1) is 19.5. The van der Waals surface area contributed by atoms with Crippen molar-refractivity contribution in [3.63, 3.8) is 0 Å². The van der Waals surface area contributed by atoms with E-state index < -0.39 is 0 Å². The van der Waals surface area contributed by atoms with Gasteiger partial charge in [0.2, 0.25) is 0 Å². The van der Waals surface area contributed by atoms with Crippen molar-refractivity contribution in [1.82, 2.24) is 0 Å². The summed E-state index contributed by atoms with van der Waals surface area (Å²) in [5.41, 5.74) is 0. The monoisotopic (exact) mass is 318 g/mol. The zero-order chi connectivity index (χ0) is 15.7. The van der Waals surface area contributed by atoms with Crippen molar-refractivity contribution < 1.29 is 28.4 Å². The first-order valence-corrected chi connectivity index (χ1v) is 8.08. The molecule has 0 amide bonds. The minimum absolute atomic E-state index is 0.0405. The molecule has 6 heteroatoms. The number of hydrogen-bond donors (Lipinski definition) is 0. The number of rotatable bonds is 15. The fourth-order valence-corrected chi connectivity index (χ4v) is 1.91. The van der Waals surface area contributed by atoms with E-state index in [2.05, 4.69) is 6.58 Å². The molecule has 1 aliphatic rings. The molecule has 1 rings (SSSR count). The van der Waals surface area contributed by atoms with Gasteiger partial charge in [-0.15, -0.1) is 6.58 Å². The van der Waals surface area contributed by atoms with Crippen molar-refractivity contribution in [3.8, 4) is 0 Å². The molecule has 0 spiro atoms. The Morgan fingerprint density at radius 1 is 0.818 bits per heavy atom. The smallest absolute Gasteiger partial charge is 0.157 e. The van der Waals surface area contributed by atoms with Crippen molar-refractivity contribution in [2.75, 3.05) is 66.1 Å². The minimum Gasteiger partial charge on any atom is -0.377 e. The van der Waals surface area contributed by atoms with Crippen LogP contribution in [0.15, 0.2) is 12.7 Å². The summed E-state index contributed by atoms with van der Waals surface area (Å²) in [6.45, 7) is 9.50. The summed E-state index contributed by atoms with van der Waals surface area (Å²) in [7, 11) is 0. The lowest BCUT2D eigenvalue weighted by Crippen LogP contribution is -2.24. The molecule has 6 nitrogen and oxygen atoms in total. The van der Waals surface area contributed by atoms with E-state index in [1.165, 1.54) is 6.42 Å². The van der Waals surface area contributed by atoms with Gasteiger partial charge in [0.25, 0.3) is 0 Å². The Bertz CT molecular complexity index is 243. The van der Waals surface area contributed by atoms with Crippen LogP contribution in [0.5, 0.6) is 0 Å². The van der Waals surface area contributed by atoms with Crippen LogP contribution in [0.3, 0.4) is 0 Å². The fraction of sp³-hybridized carbons (Fsp3) is 0.875. The van der Waals surface area contributed by atoms with Gasteiger partial charge in [-0.1, -0.05) is 6.08 Å². The van der Waals surface area contributed by atoms with Crippen molar-refractivity contribution in [2.24, 2.45) is 0 Å². The standard InChI is InChI=1S/C16H30O6/c1-2-6-17-8-9-18-10-11-19-12-13-20-14-15-22-16-5-3-4-7-21-16/h2,16H,1,3-15H2. The topological polar surface area (TPSA) is 55.4 Å². The quantitative estimate of drug-likeness (QED) is 0.339. The van der Waals surface area contributed by atoms with E-state index in [9.17, 15) is 0 Å². The van der Waals surface area contributed by atoms with E-state index in [4.69, 9.17) is 28.4 Å². The van der Waals surface area contributed by atoms with Crippen molar-refractivity contribution in [2.45, 2.75) is 25.6 Å². The molecule has 1 atom stereocenters. The highest BCUT2D eigenvalue weighted by atomic mass is 16.7. The van der Waals surface area contributed by atoms with Crippen molar-refractivity contribution in [1.29, 1.82) is 0 Å². The van der Waals surface area contributed by atoms with Gasteiger partial charge in [0.05, 0.1) is 59.5 Å². The molecule has 1 aliphatic heterocycles. The first-order valence-electron chi connectivity index (χ1n) is 8.08. The average molecular weight is 318 g/mol. The number of ether oxygens (including phenoxy) is 6. The van der Waals surface area contributed by atoms with E-state index in [1.807, 2.05) is 0 Å². The lowest BCUT2D eigenvalue weighted by atomic mass is 10.2. The third-order valence-electron chi connectivity index (χ3n) is 3.02. The van der Waals surface area contributed by atoms with Gasteiger partial charge in [0.1, 0.15) is 0 Å². The Labute approximate surface area is 133 Å². The maximum atomic E-state index is 5.56. The van der Waals surface area contributed by atoms with Crippen LogP contribution in [0, 0.1) is 0 Å². The van der Waals surface area contributed by atoms with Crippen molar-refractivity contribution in [3.05, 3.63) is 12.7 Å². The highest BCUT2D eigenvalue weighted by Crippen LogP contribution is 2.13. The molecule has 0 N–H and O–H groups in total. The van der Waals surface area contributed by atoms with Crippen LogP contribution < -0.4 is 0 Å². The molecular formula is C16H30O6. The van der Waals surface area contributed by atoms with E-state index in [-0.39, 0.29) is 6.29 Å². The third kappa shape index (κ3) is 12.1. The Kier molecular flexibility index (Phi) is 13.7. The maximum absolute atomic E-state index is 5.56. The Balaban J connectivity index is 1.68. The largest absolute Gasteiger partial charge is 0.377 e. The summed E-state index contributed by atoms with van der Waals surface area (Å²) < 4.78 is 32.3. The molecule has 1 unspecified atom stereocenters. The molecule has 1 fully saturated rings. The second-order valence-corrected chi connectivity index (χ2v) is 4.87. The lowest BCUT2D eigenvalue weighted by molar-refractivity contribution is -0.169. The molecule has 1 saturated heterocycles. The summed E-state index contributed by atoms with van der Waals surface area (Å²) in [6, 6.07) is 0. The molecule has 0 bridgehead atoms. The molecule has 130 valence electrons. The summed E-state index contributed by atoms with van der Waals surface area (Å²) in [4.78, 5) is 0. The van der Waals surface area contributed by atoms with Crippen LogP contribution in [0.25, 0.3) is 0 Å². The highest BCUT2D eigenvalue weighted by Gasteiger charge is 2.13. The summed E-state index contributed by atoms with van der Waals surface area (Å²) in [5.74, 6) is 0. The lowest BCUT2D eigenvalue weighted by Gasteiger charge is -2.22. The van der Waals surface area contributed by atoms with Crippen LogP contribution in [0.2, 0.25) is 0 Å². The van der Waals surface area contributed by atoms with Gasteiger partial charge in [-0.3, -0.25) is 0 Å².